The zero-order valence-corrected chi connectivity index (χ0v) is 14.9. The van der Waals surface area contributed by atoms with Gasteiger partial charge in [-0.2, -0.15) is 4.99 Å². The molecule has 0 radical (unpaired) electrons. The second-order valence-electron chi connectivity index (χ2n) is 4.67. The maximum absolute atomic E-state index is 13.4. The molecule has 0 fully saturated rings. The van der Waals surface area contributed by atoms with Crippen LogP contribution in [0, 0.1) is 5.82 Å². The molecule has 0 N–H and O–H groups in total. The summed E-state index contributed by atoms with van der Waals surface area (Å²) >= 11 is 6.03. The molecule has 2 heterocycles. The Balaban J connectivity index is 2.14. The zero-order valence-electron chi connectivity index (χ0n) is 11.7. The molecule has 0 unspecified atom stereocenters. The van der Waals surface area contributed by atoms with Crippen LogP contribution >= 0.6 is 38.6 Å². The van der Waals surface area contributed by atoms with Crippen LogP contribution < -0.4 is 4.80 Å². The number of carbonyl (C=O) groups is 1. The summed E-state index contributed by atoms with van der Waals surface area (Å²) in [6.45, 7) is 2.80. The lowest BCUT2D eigenvalue weighted by Gasteiger charge is -2.02. The number of rotatable bonds is 3. The third kappa shape index (κ3) is 3.06. The van der Waals surface area contributed by atoms with Crippen molar-refractivity contribution >= 4 is 54.7 Å². The zero-order chi connectivity index (χ0) is 15.7. The van der Waals surface area contributed by atoms with E-state index in [0.717, 1.165) is 27.0 Å². The average molecular weight is 399 g/mol. The molecule has 0 aliphatic carbocycles. The van der Waals surface area contributed by atoms with Gasteiger partial charge in [0, 0.05) is 6.54 Å². The Labute approximate surface area is 142 Å². The van der Waals surface area contributed by atoms with Gasteiger partial charge < -0.3 is 4.57 Å². The summed E-state index contributed by atoms with van der Waals surface area (Å²) in [6, 6.07) is 8.23. The molecular weight excluding hydrogens is 387 g/mol. The van der Waals surface area contributed by atoms with E-state index in [2.05, 4.69) is 27.8 Å². The SMILES string of the molecule is CCCn1c(=NC(=O)c2ccc(Br)s2)sc2cc(F)ccc21. The van der Waals surface area contributed by atoms with E-state index >= 15 is 0 Å². The topological polar surface area (TPSA) is 34.4 Å². The smallest absolute Gasteiger partial charge is 0.289 e. The van der Waals surface area contributed by atoms with Crippen LogP contribution in [0.5, 0.6) is 0 Å². The molecule has 0 aliphatic heterocycles. The van der Waals surface area contributed by atoms with Crippen molar-refractivity contribution in [3.63, 3.8) is 0 Å². The number of thiophene rings is 1. The molecule has 7 heteroatoms. The first-order chi connectivity index (χ1) is 10.6. The Morgan fingerprint density at radius 2 is 2.14 bits per heavy atom. The molecule has 0 atom stereocenters. The molecule has 22 heavy (non-hydrogen) atoms. The lowest BCUT2D eigenvalue weighted by atomic mass is 10.3. The van der Waals surface area contributed by atoms with Crippen molar-refractivity contribution < 1.29 is 9.18 Å². The van der Waals surface area contributed by atoms with Crippen LogP contribution in [-0.4, -0.2) is 10.5 Å². The van der Waals surface area contributed by atoms with Crippen LogP contribution in [-0.2, 0) is 6.54 Å². The van der Waals surface area contributed by atoms with Gasteiger partial charge in [-0.15, -0.1) is 11.3 Å². The molecule has 0 aliphatic rings. The third-order valence-corrected chi connectivity index (χ3v) is 5.73. The number of fused-ring (bicyclic) bond motifs is 1. The molecular formula is C15H12BrFN2OS2. The number of aromatic nitrogens is 1. The second-order valence-corrected chi connectivity index (χ2v) is 8.14. The fourth-order valence-corrected chi connectivity index (χ4v) is 4.49. The predicted octanol–water partition coefficient (Wildman–Crippen LogP) is 4.82. The van der Waals surface area contributed by atoms with Gasteiger partial charge in [-0.1, -0.05) is 18.3 Å². The van der Waals surface area contributed by atoms with E-state index in [1.165, 1.54) is 34.8 Å². The quantitative estimate of drug-likeness (QED) is 0.622. The Hall–Kier alpha value is -1.31. The average Bonchev–Trinajstić information content (AvgIpc) is 3.04. The third-order valence-electron chi connectivity index (χ3n) is 3.07. The minimum Gasteiger partial charge on any atom is -0.316 e. The van der Waals surface area contributed by atoms with Crippen molar-refractivity contribution in [3.05, 3.63) is 49.6 Å². The standard InChI is InChI=1S/C15H12BrFN2OS2/c1-2-7-19-10-4-3-9(17)8-12(10)22-15(19)18-14(20)11-5-6-13(16)21-11/h3-6,8H,2,7H2,1H3. The summed E-state index contributed by atoms with van der Waals surface area (Å²) < 4.78 is 17.1. The molecule has 0 spiro atoms. The van der Waals surface area contributed by atoms with Crippen molar-refractivity contribution in [1.82, 2.24) is 4.57 Å². The highest BCUT2D eigenvalue weighted by atomic mass is 79.9. The van der Waals surface area contributed by atoms with Crippen molar-refractivity contribution in [3.8, 4) is 0 Å². The largest absolute Gasteiger partial charge is 0.316 e. The highest BCUT2D eigenvalue weighted by Gasteiger charge is 2.11. The van der Waals surface area contributed by atoms with Crippen LogP contribution in [0.25, 0.3) is 10.2 Å². The van der Waals surface area contributed by atoms with Gasteiger partial charge in [0.05, 0.1) is 18.9 Å². The van der Waals surface area contributed by atoms with Crippen LogP contribution in [0.15, 0.2) is 39.1 Å². The Morgan fingerprint density at radius 3 is 2.82 bits per heavy atom. The molecule has 0 saturated carbocycles. The number of halogens is 2. The summed E-state index contributed by atoms with van der Waals surface area (Å²) in [4.78, 5) is 17.7. The van der Waals surface area contributed by atoms with Gasteiger partial charge in [0.1, 0.15) is 5.82 Å². The van der Waals surface area contributed by atoms with E-state index in [1.807, 2.05) is 10.6 Å². The summed E-state index contributed by atoms with van der Waals surface area (Å²) in [5.74, 6) is -0.551. The van der Waals surface area contributed by atoms with Crippen LogP contribution in [0.3, 0.4) is 0 Å². The van der Waals surface area contributed by atoms with Gasteiger partial charge in [-0.25, -0.2) is 4.39 Å². The number of aryl methyl sites for hydroxylation is 1. The normalized spacial score (nSPS) is 12.2. The molecule has 3 aromatic rings. The maximum atomic E-state index is 13.4. The lowest BCUT2D eigenvalue weighted by Crippen LogP contribution is -2.16. The molecule has 3 nitrogen and oxygen atoms in total. The lowest BCUT2D eigenvalue weighted by molar-refractivity contribution is 0.100. The fraction of sp³-hybridized carbons (Fsp3) is 0.200. The van der Waals surface area contributed by atoms with Crippen LogP contribution in [0.1, 0.15) is 23.0 Å². The molecule has 1 amide bonds. The minimum atomic E-state index is -0.280. The number of nitrogens with zero attached hydrogens (tertiary/aromatic N) is 2. The van der Waals surface area contributed by atoms with Gasteiger partial charge in [-0.3, -0.25) is 4.79 Å². The summed E-state index contributed by atoms with van der Waals surface area (Å²) in [5, 5.41) is 0. The van der Waals surface area contributed by atoms with Crippen molar-refractivity contribution in [2.75, 3.05) is 0 Å². The molecule has 1 aromatic carbocycles. The highest BCUT2D eigenvalue weighted by molar-refractivity contribution is 9.11. The van der Waals surface area contributed by atoms with E-state index in [4.69, 9.17) is 0 Å². The van der Waals surface area contributed by atoms with Gasteiger partial charge in [-0.05, 0) is 52.7 Å². The van der Waals surface area contributed by atoms with Crippen molar-refractivity contribution in [2.24, 2.45) is 4.99 Å². The number of hydrogen-bond acceptors (Lipinski definition) is 3. The number of benzene rings is 1. The van der Waals surface area contributed by atoms with Crippen LogP contribution in [0.2, 0.25) is 0 Å². The van der Waals surface area contributed by atoms with E-state index < -0.39 is 0 Å². The van der Waals surface area contributed by atoms with Crippen molar-refractivity contribution in [1.29, 1.82) is 0 Å². The van der Waals surface area contributed by atoms with Crippen LogP contribution in [0.4, 0.5) is 4.39 Å². The second kappa shape index (κ2) is 6.44. The number of thiazole rings is 1. The molecule has 2 aromatic heterocycles. The highest BCUT2D eigenvalue weighted by Crippen LogP contribution is 2.23. The van der Waals surface area contributed by atoms with Gasteiger partial charge >= 0.3 is 0 Å². The summed E-state index contributed by atoms with van der Waals surface area (Å²) in [7, 11) is 0. The molecule has 114 valence electrons. The first-order valence-corrected chi connectivity index (χ1v) is 9.14. The van der Waals surface area contributed by atoms with Gasteiger partial charge in [0.2, 0.25) is 0 Å². The Morgan fingerprint density at radius 1 is 1.32 bits per heavy atom. The minimum absolute atomic E-state index is 0.271. The summed E-state index contributed by atoms with van der Waals surface area (Å²) in [5.41, 5.74) is 0.909. The van der Waals surface area contributed by atoms with E-state index in [9.17, 15) is 9.18 Å². The van der Waals surface area contributed by atoms with Gasteiger partial charge in [0.15, 0.2) is 4.80 Å². The van der Waals surface area contributed by atoms with Crippen molar-refractivity contribution in [2.45, 2.75) is 19.9 Å². The number of hydrogen-bond donors (Lipinski definition) is 0. The monoisotopic (exact) mass is 398 g/mol. The Bertz CT molecular complexity index is 910. The molecule has 0 saturated heterocycles. The van der Waals surface area contributed by atoms with Gasteiger partial charge in [0.25, 0.3) is 5.91 Å². The first-order valence-electron chi connectivity index (χ1n) is 6.72. The van der Waals surface area contributed by atoms with E-state index in [1.54, 1.807) is 12.1 Å². The predicted molar refractivity (Wildman–Crippen MR) is 92.0 cm³/mol. The maximum Gasteiger partial charge on any atom is 0.289 e. The number of amides is 1. The van der Waals surface area contributed by atoms with E-state index in [-0.39, 0.29) is 11.7 Å². The molecule has 0 bridgehead atoms. The van der Waals surface area contributed by atoms with E-state index in [0.29, 0.717) is 9.68 Å². The first kappa shape index (κ1) is 15.6. The Kier molecular flexibility index (Phi) is 4.56. The fourth-order valence-electron chi connectivity index (χ4n) is 2.14. The summed E-state index contributed by atoms with van der Waals surface area (Å²) in [6.07, 6.45) is 0.912. The molecule has 3 rings (SSSR count). The number of carbonyl (C=O) groups excluding carboxylic acids is 1.